The molecule has 1 unspecified atom stereocenters. The minimum absolute atomic E-state index is 0.129. The van der Waals surface area contributed by atoms with E-state index < -0.39 is 0 Å². The molecule has 6 heteroatoms. The molecule has 0 aliphatic carbocycles. The molecule has 1 atom stereocenters. The summed E-state index contributed by atoms with van der Waals surface area (Å²) in [6.45, 7) is 3.13. The summed E-state index contributed by atoms with van der Waals surface area (Å²) in [5.41, 5.74) is 3.73. The van der Waals surface area contributed by atoms with Gasteiger partial charge in [-0.2, -0.15) is 5.21 Å². The van der Waals surface area contributed by atoms with Crippen LogP contribution in [-0.4, -0.2) is 51.1 Å². The molecule has 0 radical (unpaired) electrons. The highest BCUT2D eigenvalue weighted by Gasteiger charge is 2.14. The lowest BCUT2D eigenvalue weighted by molar-refractivity contribution is 0.414. The molecule has 3 aromatic rings. The Morgan fingerprint density at radius 1 is 1.29 bits per heavy atom. The number of hydrogen-bond donors (Lipinski definition) is 2. The zero-order valence-corrected chi connectivity index (χ0v) is 12.6. The zero-order valence-electron chi connectivity index (χ0n) is 12.6. The summed E-state index contributed by atoms with van der Waals surface area (Å²) in [5, 5.41) is 15.6. The molecule has 0 bridgehead atoms. The van der Waals surface area contributed by atoms with E-state index in [1.165, 1.54) is 22.0 Å². The lowest BCUT2D eigenvalue weighted by Gasteiger charge is -2.10. The first-order chi connectivity index (χ1) is 10.1. The number of aromatic nitrogens is 5. The van der Waals surface area contributed by atoms with E-state index in [2.05, 4.69) is 75.9 Å². The van der Waals surface area contributed by atoms with Crippen molar-refractivity contribution in [3.8, 4) is 0 Å². The van der Waals surface area contributed by atoms with E-state index >= 15 is 0 Å². The summed E-state index contributed by atoms with van der Waals surface area (Å²) >= 11 is 0. The molecule has 0 saturated heterocycles. The van der Waals surface area contributed by atoms with E-state index in [4.69, 9.17) is 0 Å². The normalized spacial score (nSPS) is 13.1. The Balaban J connectivity index is 1.93. The highest BCUT2D eigenvalue weighted by atomic mass is 15.5. The third-order valence-electron chi connectivity index (χ3n) is 3.87. The van der Waals surface area contributed by atoms with Gasteiger partial charge in [0, 0.05) is 29.6 Å². The van der Waals surface area contributed by atoms with Crippen molar-refractivity contribution in [2.75, 3.05) is 20.6 Å². The number of tetrazole rings is 1. The van der Waals surface area contributed by atoms with Crippen molar-refractivity contribution >= 4 is 10.9 Å². The van der Waals surface area contributed by atoms with Crippen LogP contribution in [0.25, 0.3) is 10.9 Å². The minimum atomic E-state index is 0.129. The standard InChI is InChI=1S/C15H20N6/c1-10(15-17-19-20-18-15)11-4-5-14-13(8-11)12(9-16-14)6-7-21(2)3/h4-5,8-10,16H,6-7H2,1-3H3,(H,17,18,19,20). The van der Waals surface area contributed by atoms with Crippen LogP contribution < -0.4 is 0 Å². The van der Waals surface area contributed by atoms with Crippen LogP contribution in [0.15, 0.2) is 24.4 Å². The fraction of sp³-hybridized carbons (Fsp3) is 0.400. The van der Waals surface area contributed by atoms with Gasteiger partial charge in [0.15, 0.2) is 5.82 Å². The maximum absolute atomic E-state index is 4.08. The van der Waals surface area contributed by atoms with Crippen molar-refractivity contribution in [1.29, 1.82) is 0 Å². The van der Waals surface area contributed by atoms with Crippen molar-refractivity contribution in [2.24, 2.45) is 0 Å². The summed E-state index contributed by atoms with van der Waals surface area (Å²) in [5.74, 6) is 0.851. The van der Waals surface area contributed by atoms with Crippen LogP contribution in [0.5, 0.6) is 0 Å². The Bertz CT molecular complexity index is 713. The molecule has 2 heterocycles. The second-order valence-corrected chi connectivity index (χ2v) is 5.66. The molecule has 0 saturated carbocycles. The zero-order chi connectivity index (χ0) is 14.8. The van der Waals surface area contributed by atoms with E-state index in [1.54, 1.807) is 0 Å². The third-order valence-corrected chi connectivity index (χ3v) is 3.87. The first kappa shape index (κ1) is 13.8. The first-order valence-corrected chi connectivity index (χ1v) is 7.13. The summed E-state index contributed by atoms with van der Waals surface area (Å²) in [7, 11) is 4.19. The average Bonchev–Trinajstić information content (AvgIpc) is 3.13. The molecule has 0 aliphatic heterocycles. The highest BCUT2D eigenvalue weighted by molar-refractivity contribution is 5.84. The van der Waals surface area contributed by atoms with Crippen molar-refractivity contribution < 1.29 is 0 Å². The van der Waals surface area contributed by atoms with Gasteiger partial charge in [-0.25, -0.2) is 0 Å². The van der Waals surface area contributed by atoms with Crippen molar-refractivity contribution in [3.05, 3.63) is 41.3 Å². The Hall–Kier alpha value is -2.21. The van der Waals surface area contributed by atoms with E-state index in [9.17, 15) is 0 Å². The second-order valence-electron chi connectivity index (χ2n) is 5.66. The summed E-state index contributed by atoms with van der Waals surface area (Å²) in [6.07, 6.45) is 3.14. The quantitative estimate of drug-likeness (QED) is 0.751. The van der Waals surface area contributed by atoms with Crippen LogP contribution in [0.4, 0.5) is 0 Å². The predicted molar refractivity (Wildman–Crippen MR) is 82.3 cm³/mol. The van der Waals surface area contributed by atoms with E-state index in [0.29, 0.717) is 0 Å². The summed E-state index contributed by atoms with van der Waals surface area (Å²) in [6, 6.07) is 6.48. The summed E-state index contributed by atoms with van der Waals surface area (Å²) < 4.78 is 0. The smallest absolute Gasteiger partial charge is 0.181 e. The van der Waals surface area contributed by atoms with Crippen LogP contribution in [0.1, 0.15) is 29.8 Å². The number of nitrogens with zero attached hydrogens (tertiary/aromatic N) is 4. The van der Waals surface area contributed by atoms with Crippen molar-refractivity contribution in [1.82, 2.24) is 30.5 Å². The predicted octanol–water partition coefficient (Wildman–Crippen LogP) is 1.94. The maximum Gasteiger partial charge on any atom is 0.181 e. The number of likely N-dealkylation sites (N-methyl/N-ethyl adjacent to an activating group) is 1. The molecule has 2 aromatic heterocycles. The Labute approximate surface area is 123 Å². The highest BCUT2D eigenvalue weighted by Crippen LogP contribution is 2.26. The molecule has 110 valence electrons. The molecular weight excluding hydrogens is 264 g/mol. The van der Waals surface area contributed by atoms with Gasteiger partial charge in [-0.05, 0) is 43.8 Å². The number of hydrogen-bond acceptors (Lipinski definition) is 4. The number of benzene rings is 1. The lowest BCUT2D eigenvalue weighted by atomic mass is 9.98. The Morgan fingerprint density at radius 3 is 2.86 bits per heavy atom. The van der Waals surface area contributed by atoms with Crippen LogP contribution in [-0.2, 0) is 6.42 Å². The molecule has 3 rings (SSSR count). The molecule has 0 fully saturated rings. The molecule has 0 aliphatic rings. The monoisotopic (exact) mass is 284 g/mol. The van der Waals surface area contributed by atoms with Gasteiger partial charge >= 0.3 is 0 Å². The molecule has 0 spiro atoms. The average molecular weight is 284 g/mol. The summed E-state index contributed by atoms with van der Waals surface area (Å²) in [4.78, 5) is 5.54. The molecular formula is C15H20N6. The van der Waals surface area contributed by atoms with Gasteiger partial charge in [0.25, 0.3) is 0 Å². The van der Waals surface area contributed by atoms with Gasteiger partial charge in [0.1, 0.15) is 0 Å². The van der Waals surface area contributed by atoms with Crippen LogP contribution in [0.2, 0.25) is 0 Å². The van der Waals surface area contributed by atoms with Gasteiger partial charge in [-0.15, -0.1) is 10.2 Å². The first-order valence-electron chi connectivity index (χ1n) is 7.13. The molecule has 1 aromatic carbocycles. The fourth-order valence-electron chi connectivity index (χ4n) is 2.52. The van der Waals surface area contributed by atoms with Crippen LogP contribution in [0.3, 0.4) is 0 Å². The lowest BCUT2D eigenvalue weighted by Crippen LogP contribution is -2.14. The Kier molecular flexibility index (Phi) is 3.70. The van der Waals surface area contributed by atoms with Crippen molar-refractivity contribution in [2.45, 2.75) is 19.3 Å². The minimum Gasteiger partial charge on any atom is -0.361 e. The van der Waals surface area contributed by atoms with E-state index in [-0.39, 0.29) is 5.92 Å². The van der Waals surface area contributed by atoms with Crippen LogP contribution >= 0.6 is 0 Å². The molecule has 0 amide bonds. The number of rotatable bonds is 5. The van der Waals surface area contributed by atoms with Gasteiger partial charge in [-0.1, -0.05) is 18.2 Å². The van der Waals surface area contributed by atoms with Gasteiger partial charge in [0.05, 0.1) is 0 Å². The van der Waals surface area contributed by atoms with Gasteiger partial charge in [-0.3, -0.25) is 0 Å². The largest absolute Gasteiger partial charge is 0.361 e. The molecule has 21 heavy (non-hydrogen) atoms. The van der Waals surface area contributed by atoms with Gasteiger partial charge < -0.3 is 9.88 Å². The van der Waals surface area contributed by atoms with Gasteiger partial charge in [0.2, 0.25) is 0 Å². The topological polar surface area (TPSA) is 73.5 Å². The van der Waals surface area contributed by atoms with E-state index in [0.717, 1.165) is 18.8 Å². The SMILES string of the molecule is CC(c1ccc2[nH]cc(CCN(C)C)c2c1)c1nn[nH]n1. The third kappa shape index (κ3) is 2.80. The number of fused-ring (bicyclic) bond motifs is 1. The number of aromatic amines is 2. The maximum atomic E-state index is 4.08. The van der Waals surface area contributed by atoms with Crippen molar-refractivity contribution in [3.63, 3.8) is 0 Å². The Morgan fingerprint density at radius 2 is 2.14 bits per heavy atom. The van der Waals surface area contributed by atoms with Crippen LogP contribution in [0, 0.1) is 0 Å². The number of H-pyrrole nitrogens is 2. The second kappa shape index (κ2) is 5.65. The number of nitrogens with one attached hydrogen (secondary N) is 2. The molecule has 6 nitrogen and oxygen atoms in total. The molecule has 2 N–H and O–H groups in total. The fourth-order valence-corrected chi connectivity index (χ4v) is 2.52. The van der Waals surface area contributed by atoms with E-state index in [1.807, 2.05) is 0 Å².